The number of carboxylic acids is 2. The molecule has 0 heterocycles. The van der Waals surface area contributed by atoms with Gasteiger partial charge < -0.3 is 31.9 Å². The molecule has 0 fully saturated rings. The van der Waals surface area contributed by atoms with Gasteiger partial charge in [0.2, 0.25) is 17.7 Å². The number of benzene rings is 2. The van der Waals surface area contributed by atoms with E-state index in [4.69, 9.17) is 10.8 Å². The molecule has 0 aromatic heterocycles. The molecule has 11 heteroatoms. The van der Waals surface area contributed by atoms with Gasteiger partial charge in [-0.15, -0.1) is 0 Å². The number of nitrogens with one attached hydrogen (secondary N) is 3. The standard InChI is InChI=1S/C27H34N4O7/c1-16(2)23(26(36)30-21(27(37)38)14-18-11-7-4-8-12-18)31-25(35)20(13-17-9-5-3-6-10-17)29-24(34)19(28)15-22(32)33/h3-12,16,19-21,23H,13-15,28H2,1-2H3,(H,29,34)(H,30,36)(H,31,35)(H,32,33)(H,37,38). The highest BCUT2D eigenvalue weighted by Crippen LogP contribution is 2.09. The zero-order valence-electron chi connectivity index (χ0n) is 21.3. The molecule has 0 saturated carbocycles. The third kappa shape index (κ3) is 9.66. The van der Waals surface area contributed by atoms with E-state index in [9.17, 15) is 29.1 Å². The molecule has 7 N–H and O–H groups in total. The summed E-state index contributed by atoms with van der Waals surface area (Å²) in [4.78, 5) is 61.7. The minimum absolute atomic E-state index is 0.0504. The van der Waals surface area contributed by atoms with Gasteiger partial charge in [-0.3, -0.25) is 19.2 Å². The van der Waals surface area contributed by atoms with Crippen LogP contribution in [0.1, 0.15) is 31.4 Å². The van der Waals surface area contributed by atoms with E-state index in [2.05, 4.69) is 16.0 Å². The molecule has 0 radical (unpaired) electrons. The molecule has 2 aromatic carbocycles. The molecule has 0 saturated heterocycles. The first-order valence-corrected chi connectivity index (χ1v) is 12.2. The Morgan fingerprint density at radius 2 is 1.18 bits per heavy atom. The van der Waals surface area contributed by atoms with Gasteiger partial charge in [0.25, 0.3) is 0 Å². The van der Waals surface area contributed by atoms with Gasteiger partial charge in [-0.05, 0) is 17.0 Å². The Bertz CT molecular complexity index is 1110. The van der Waals surface area contributed by atoms with E-state index in [0.29, 0.717) is 11.1 Å². The molecule has 0 aliphatic heterocycles. The van der Waals surface area contributed by atoms with Crippen LogP contribution in [0.15, 0.2) is 60.7 Å². The number of rotatable bonds is 14. The van der Waals surface area contributed by atoms with Crippen molar-refractivity contribution < 1.29 is 34.2 Å². The second kappa shape index (κ2) is 14.5. The molecule has 4 atom stereocenters. The van der Waals surface area contributed by atoms with Gasteiger partial charge in [-0.2, -0.15) is 0 Å². The fourth-order valence-electron chi connectivity index (χ4n) is 3.72. The van der Waals surface area contributed by atoms with Crippen LogP contribution in [0.25, 0.3) is 0 Å². The fraction of sp³-hybridized carbons (Fsp3) is 0.370. The smallest absolute Gasteiger partial charge is 0.326 e. The molecule has 4 unspecified atom stereocenters. The third-order valence-electron chi connectivity index (χ3n) is 5.79. The summed E-state index contributed by atoms with van der Waals surface area (Å²) in [5.41, 5.74) is 7.08. The summed E-state index contributed by atoms with van der Waals surface area (Å²) in [6, 6.07) is 12.7. The number of carbonyl (C=O) groups is 5. The van der Waals surface area contributed by atoms with Gasteiger partial charge in [0, 0.05) is 12.8 Å². The zero-order chi connectivity index (χ0) is 28.2. The Kier molecular flexibility index (Phi) is 11.4. The molecule has 2 rings (SSSR count). The Morgan fingerprint density at radius 3 is 1.63 bits per heavy atom. The molecule has 0 spiro atoms. The summed E-state index contributed by atoms with van der Waals surface area (Å²) >= 11 is 0. The molecular formula is C27H34N4O7. The SMILES string of the molecule is CC(C)C(NC(=O)C(Cc1ccccc1)NC(=O)C(N)CC(=O)O)C(=O)NC(Cc1ccccc1)C(=O)O. The molecule has 0 aliphatic carbocycles. The molecule has 3 amide bonds. The molecule has 38 heavy (non-hydrogen) atoms. The van der Waals surface area contributed by atoms with Crippen LogP contribution in [-0.4, -0.2) is 64.0 Å². The summed E-state index contributed by atoms with van der Waals surface area (Å²) < 4.78 is 0. The van der Waals surface area contributed by atoms with Gasteiger partial charge in [0.1, 0.15) is 18.1 Å². The van der Waals surface area contributed by atoms with E-state index in [0.717, 1.165) is 0 Å². The topological polar surface area (TPSA) is 188 Å². The first-order valence-electron chi connectivity index (χ1n) is 12.2. The van der Waals surface area contributed by atoms with Gasteiger partial charge >= 0.3 is 11.9 Å². The molecule has 0 bridgehead atoms. The highest BCUT2D eigenvalue weighted by atomic mass is 16.4. The van der Waals surface area contributed by atoms with Crippen LogP contribution in [0.3, 0.4) is 0 Å². The Labute approximate surface area is 220 Å². The summed E-state index contributed by atoms with van der Waals surface area (Å²) in [6.45, 7) is 3.37. The molecule has 0 aliphatic rings. The van der Waals surface area contributed by atoms with Crippen molar-refractivity contribution in [1.29, 1.82) is 0 Å². The summed E-state index contributed by atoms with van der Waals surface area (Å²) in [5, 5.41) is 26.2. The highest BCUT2D eigenvalue weighted by Gasteiger charge is 2.32. The van der Waals surface area contributed by atoms with Crippen LogP contribution in [-0.2, 0) is 36.8 Å². The molecular weight excluding hydrogens is 492 g/mol. The van der Waals surface area contributed by atoms with Gasteiger partial charge in [0.05, 0.1) is 12.5 Å². The number of amides is 3. The summed E-state index contributed by atoms with van der Waals surface area (Å²) in [7, 11) is 0. The Morgan fingerprint density at radius 1 is 0.711 bits per heavy atom. The lowest BCUT2D eigenvalue weighted by Crippen LogP contribution is -2.59. The maximum Gasteiger partial charge on any atom is 0.326 e. The maximum atomic E-state index is 13.3. The second-order valence-electron chi connectivity index (χ2n) is 9.27. The lowest BCUT2D eigenvalue weighted by Gasteiger charge is -2.27. The molecule has 11 nitrogen and oxygen atoms in total. The van der Waals surface area contributed by atoms with Crippen LogP contribution in [0.4, 0.5) is 0 Å². The van der Waals surface area contributed by atoms with Crippen molar-refractivity contribution in [2.24, 2.45) is 11.7 Å². The monoisotopic (exact) mass is 526 g/mol. The number of nitrogens with two attached hydrogens (primary N) is 1. The summed E-state index contributed by atoms with van der Waals surface area (Å²) in [6.07, 6.45) is -0.522. The first-order chi connectivity index (χ1) is 18.0. The Hall–Kier alpha value is -4.25. The van der Waals surface area contributed by atoms with Crippen LogP contribution < -0.4 is 21.7 Å². The van der Waals surface area contributed by atoms with E-state index in [1.165, 1.54) is 0 Å². The third-order valence-corrected chi connectivity index (χ3v) is 5.79. The van der Waals surface area contributed by atoms with E-state index < -0.39 is 66.2 Å². The predicted octanol–water partition coefficient (Wildman–Crippen LogP) is 0.469. The predicted molar refractivity (Wildman–Crippen MR) is 139 cm³/mol. The second-order valence-corrected chi connectivity index (χ2v) is 9.27. The maximum absolute atomic E-state index is 13.3. The Balaban J connectivity index is 2.19. The highest BCUT2D eigenvalue weighted by molar-refractivity contribution is 5.95. The van der Waals surface area contributed by atoms with E-state index in [-0.39, 0.29) is 12.8 Å². The van der Waals surface area contributed by atoms with Crippen molar-refractivity contribution in [2.45, 2.75) is 57.3 Å². The van der Waals surface area contributed by atoms with Crippen molar-refractivity contribution in [3.63, 3.8) is 0 Å². The molecule has 2 aromatic rings. The van der Waals surface area contributed by atoms with Crippen molar-refractivity contribution in [1.82, 2.24) is 16.0 Å². The average molecular weight is 527 g/mol. The van der Waals surface area contributed by atoms with Crippen LogP contribution in [0.5, 0.6) is 0 Å². The van der Waals surface area contributed by atoms with Crippen LogP contribution >= 0.6 is 0 Å². The van der Waals surface area contributed by atoms with Crippen molar-refractivity contribution in [2.75, 3.05) is 0 Å². The number of hydrogen-bond donors (Lipinski definition) is 6. The molecule has 204 valence electrons. The fourth-order valence-corrected chi connectivity index (χ4v) is 3.72. The van der Waals surface area contributed by atoms with Crippen molar-refractivity contribution in [3.05, 3.63) is 71.8 Å². The quantitative estimate of drug-likeness (QED) is 0.205. The van der Waals surface area contributed by atoms with E-state index in [1.54, 1.807) is 74.5 Å². The first kappa shape index (κ1) is 30.0. The van der Waals surface area contributed by atoms with Gasteiger partial charge in [-0.1, -0.05) is 74.5 Å². The normalized spacial score (nSPS) is 14.0. The minimum Gasteiger partial charge on any atom is -0.481 e. The van der Waals surface area contributed by atoms with E-state index >= 15 is 0 Å². The van der Waals surface area contributed by atoms with Gasteiger partial charge in [0.15, 0.2) is 0 Å². The largest absolute Gasteiger partial charge is 0.481 e. The van der Waals surface area contributed by atoms with Crippen LogP contribution in [0.2, 0.25) is 0 Å². The lowest BCUT2D eigenvalue weighted by molar-refractivity contribution is -0.142. The van der Waals surface area contributed by atoms with Crippen molar-refractivity contribution in [3.8, 4) is 0 Å². The number of carboxylic acid groups (broad SMARTS) is 2. The summed E-state index contributed by atoms with van der Waals surface area (Å²) in [5.74, 6) is -5.14. The zero-order valence-corrected chi connectivity index (χ0v) is 21.3. The lowest BCUT2D eigenvalue weighted by atomic mass is 9.99. The van der Waals surface area contributed by atoms with Crippen LogP contribution in [0, 0.1) is 5.92 Å². The number of carbonyl (C=O) groups excluding carboxylic acids is 3. The minimum atomic E-state index is -1.38. The number of hydrogen-bond acceptors (Lipinski definition) is 6. The van der Waals surface area contributed by atoms with E-state index in [1.807, 2.05) is 0 Å². The van der Waals surface area contributed by atoms with Gasteiger partial charge in [-0.25, -0.2) is 4.79 Å². The van der Waals surface area contributed by atoms with Crippen molar-refractivity contribution >= 4 is 29.7 Å². The number of aliphatic carboxylic acids is 2. The average Bonchev–Trinajstić information content (AvgIpc) is 2.86.